The molecule has 2 aliphatic heterocycles. The first kappa shape index (κ1) is 26.7. The molecule has 1 amide bonds. The minimum absolute atomic E-state index is 0.0873. The van der Waals surface area contributed by atoms with Gasteiger partial charge in [0.1, 0.15) is 17.3 Å². The van der Waals surface area contributed by atoms with E-state index in [1.165, 1.54) is 7.11 Å². The van der Waals surface area contributed by atoms with E-state index in [0.29, 0.717) is 44.1 Å². The first-order chi connectivity index (χ1) is 18.0. The Morgan fingerprint density at radius 2 is 1.78 bits per heavy atom. The zero-order valence-corrected chi connectivity index (χ0v) is 21.7. The lowest BCUT2D eigenvalue weighted by Gasteiger charge is -2.29. The van der Waals surface area contributed by atoms with Crippen molar-refractivity contribution in [3.8, 4) is 11.5 Å². The standard InChI is InChI=1S/C29H36N2O6/c1-3-4-17-37-23-11-9-21(10-12-23)26-25(27(32)22-7-5-8-24(20-22)35-2)28(33)29(34)31(26)14-6-13-30-15-18-36-19-16-30/h5,7-12,20,26,32H,3-4,6,13-19H2,1-2H3/b27-25+. The SMILES string of the molecule is CCCCOc1ccc(C2/C(=C(\O)c3cccc(OC)c3)C(=O)C(=O)N2CCCN2CCOCC2)cc1. The van der Waals surface area contributed by atoms with E-state index in [-0.39, 0.29) is 11.3 Å². The monoisotopic (exact) mass is 508 g/mol. The fraction of sp³-hybridized carbons (Fsp3) is 0.448. The van der Waals surface area contributed by atoms with Crippen molar-refractivity contribution in [2.75, 3.05) is 53.1 Å². The molecule has 4 rings (SSSR count). The van der Waals surface area contributed by atoms with Gasteiger partial charge in [0.05, 0.1) is 38.5 Å². The van der Waals surface area contributed by atoms with Crippen LogP contribution in [0.25, 0.3) is 5.76 Å². The smallest absolute Gasteiger partial charge is 0.295 e. The number of Topliss-reactive ketones (excluding diaryl/α,β-unsaturated/α-hetero) is 1. The molecule has 0 spiro atoms. The molecular formula is C29H36N2O6. The number of rotatable bonds is 11. The molecule has 2 aliphatic rings. The number of aliphatic hydroxyl groups is 1. The van der Waals surface area contributed by atoms with Crippen LogP contribution in [-0.4, -0.2) is 79.7 Å². The normalized spacial score (nSPS) is 19.8. The third kappa shape index (κ3) is 6.32. The van der Waals surface area contributed by atoms with Crippen LogP contribution in [0.3, 0.4) is 0 Å². The quantitative estimate of drug-likeness (QED) is 0.212. The molecule has 0 aliphatic carbocycles. The van der Waals surface area contributed by atoms with Gasteiger partial charge in [0, 0.05) is 31.7 Å². The van der Waals surface area contributed by atoms with Gasteiger partial charge >= 0.3 is 0 Å². The van der Waals surface area contributed by atoms with Crippen molar-refractivity contribution in [2.45, 2.75) is 32.2 Å². The number of aliphatic hydroxyl groups excluding tert-OH is 1. The number of hydrogen-bond acceptors (Lipinski definition) is 7. The lowest BCUT2D eigenvalue weighted by Crippen LogP contribution is -2.38. The summed E-state index contributed by atoms with van der Waals surface area (Å²) in [5, 5.41) is 11.3. The van der Waals surface area contributed by atoms with Crippen LogP contribution in [0, 0.1) is 0 Å². The summed E-state index contributed by atoms with van der Waals surface area (Å²) in [5.74, 6) is -0.205. The lowest BCUT2D eigenvalue weighted by molar-refractivity contribution is -0.140. The maximum atomic E-state index is 13.3. The summed E-state index contributed by atoms with van der Waals surface area (Å²) in [6.45, 7) is 7.07. The second kappa shape index (κ2) is 12.7. The van der Waals surface area contributed by atoms with Crippen LogP contribution in [0.2, 0.25) is 0 Å². The Bertz CT molecular complexity index is 1110. The van der Waals surface area contributed by atoms with Gasteiger partial charge in [-0.25, -0.2) is 0 Å². The van der Waals surface area contributed by atoms with Gasteiger partial charge in [0.25, 0.3) is 11.7 Å². The number of ether oxygens (including phenoxy) is 3. The Hall–Kier alpha value is -3.36. The van der Waals surface area contributed by atoms with Crippen molar-refractivity contribution in [1.29, 1.82) is 0 Å². The molecule has 8 heteroatoms. The van der Waals surface area contributed by atoms with Crippen molar-refractivity contribution in [3.63, 3.8) is 0 Å². The Labute approximate surface area is 218 Å². The van der Waals surface area contributed by atoms with Gasteiger partial charge in [-0.15, -0.1) is 0 Å². The summed E-state index contributed by atoms with van der Waals surface area (Å²) in [7, 11) is 1.54. The highest BCUT2D eigenvalue weighted by molar-refractivity contribution is 6.46. The average molecular weight is 509 g/mol. The second-order valence-corrected chi connectivity index (χ2v) is 9.30. The molecule has 0 bridgehead atoms. The molecule has 0 radical (unpaired) electrons. The van der Waals surface area contributed by atoms with E-state index in [1.807, 2.05) is 24.3 Å². The summed E-state index contributed by atoms with van der Waals surface area (Å²) in [6.07, 6.45) is 2.72. The van der Waals surface area contributed by atoms with E-state index in [0.717, 1.165) is 43.8 Å². The fourth-order valence-electron chi connectivity index (χ4n) is 4.75. The predicted molar refractivity (Wildman–Crippen MR) is 141 cm³/mol. The van der Waals surface area contributed by atoms with E-state index in [1.54, 1.807) is 29.2 Å². The maximum absolute atomic E-state index is 13.3. The third-order valence-corrected chi connectivity index (χ3v) is 6.82. The largest absolute Gasteiger partial charge is 0.507 e. The lowest BCUT2D eigenvalue weighted by atomic mass is 9.95. The Morgan fingerprint density at radius 1 is 1.03 bits per heavy atom. The average Bonchev–Trinajstić information content (AvgIpc) is 3.19. The molecule has 37 heavy (non-hydrogen) atoms. The molecule has 2 saturated heterocycles. The number of hydrogen-bond donors (Lipinski definition) is 1. The van der Waals surface area contributed by atoms with Crippen LogP contribution in [-0.2, 0) is 14.3 Å². The highest BCUT2D eigenvalue weighted by atomic mass is 16.5. The number of likely N-dealkylation sites (tertiary alicyclic amines) is 1. The summed E-state index contributed by atoms with van der Waals surface area (Å²) in [5.41, 5.74) is 1.26. The number of benzene rings is 2. The van der Waals surface area contributed by atoms with Gasteiger partial charge in [-0.05, 0) is 42.7 Å². The van der Waals surface area contributed by atoms with Gasteiger partial charge in [-0.1, -0.05) is 37.6 Å². The molecule has 198 valence electrons. The number of ketones is 1. The summed E-state index contributed by atoms with van der Waals surface area (Å²) >= 11 is 0. The van der Waals surface area contributed by atoms with Crippen LogP contribution >= 0.6 is 0 Å². The number of carbonyl (C=O) groups excluding carboxylic acids is 2. The Morgan fingerprint density at radius 3 is 2.49 bits per heavy atom. The maximum Gasteiger partial charge on any atom is 0.295 e. The number of amides is 1. The summed E-state index contributed by atoms with van der Waals surface area (Å²) < 4.78 is 16.5. The molecule has 1 unspecified atom stereocenters. The van der Waals surface area contributed by atoms with Crippen LogP contribution < -0.4 is 9.47 Å². The van der Waals surface area contributed by atoms with E-state index < -0.39 is 17.7 Å². The minimum Gasteiger partial charge on any atom is -0.507 e. The zero-order chi connectivity index (χ0) is 26.2. The number of morpholine rings is 1. The van der Waals surface area contributed by atoms with E-state index in [4.69, 9.17) is 14.2 Å². The van der Waals surface area contributed by atoms with Gasteiger partial charge in [-0.2, -0.15) is 0 Å². The molecule has 0 saturated carbocycles. The highest BCUT2D eigenvalue weighted by Gasteiger charge is 2.45. The second-order valence-electron chi connectivity index (χ2n) is 9.30. The molecule has 8 nitrogen and oxygen atoms in total. The minimum atomic E-state index is -0.694. The molecule has 1 atom stereocenters. The summed E-state index contributed by atoms with van der Waals surface area (Å²) in [4.78, 5) is 30.4. The van der Waals surface area contributed by atoms with Crippen molar-refractivity contribution >= 4 is 17.4 Å². The van der Waals surface area contributed by atoms with Crippen LogP contribution in [0.15, 0.2) is 54.1 Å². The molecule has 2 fully saturated rings. The predicted octanol–water partition coefficient (Wildman–Crippen LogP) is 4.02. The Balaban J connectivity index is 1.64. The van der Waals surface area contributed by atoms with E-state index in [9.17, 15) is 14.7 Å². The highest BCUT2D eigenvalue weighted by Crippen LogP contribution is 2.40. The Kier molecular flexibility index (Phi) is 9.19. The van der Waals surface area contributed by atoms with Crippen LogP contribution in [0.1, 0.15) is 43.4 Å². The van der Waals surface area contributed by atoms with Gasteiger partial charge < -0.3 is 24.2 Å². The zero-order valence-electron chi connectivity index (χ0n) is 21.7. The first-order valence-electron chi connectivity index (χ1n) is 13.0. The number of nitrogens with zero attached hydrogens (tertiary/aromatic N) is 2. The van der Waals surface area contributed by atoms with Gasteiger partial charge in [-0.3, -0.25) is 14.5 Å². The van der Waals surface area contributed by atoms with Crippen LogP contribution in [0.5, 0.6) is 11.5 Å². The first-order valence-corrected chi connectivity index (χ1v) is 13.0. The van der Waals surface area contributed by atoms with Crippen molar-refractivity contribution in [3.05, 3.63) is 65.2 Å². The number of methoxy groups -OCH3 is 1. The third-order valence-electron chi connectivity index (χ3n) is 6.82. The molecular weight excluding hydrogens is 472 g/mol. The van der Waals surface area contributed by atoms with Crippen molar-refractivity contribution in [1.82, 2.24) is 9.80 Å². The molecule has 0 aromatic heterocycles. The van der Waals surface area contributed by atoms with Crippen molar-refractivity contribution < 1.29 is 28.9 Å². The fourth-order valence-corrected chi connectivity index (χ4v) is 4.75. The van der Waals surface area contributed by atoms with E-state index >= 15 is 0 Å². The van der Waals surface area contributed by atoms with Gasteiger partial charge in [0.15, 0.2) is 0 Å². The molecule has 2 aromatic rings. The van der Waals surface area contributed by atoms with E-state index in [2.05, 4.69) is 11.8 Å². The molecule has 2 aromatic carbocycles. The number of unbranched alkanes of at least 4 members (excludes halogenated alkanes) is 1. The molecule has 1 N–H and O–H groups in total. The number of carbonyl (C=O) groups is 2. The summed E-state index contributed by atoms with van der Waals surface area (Å²) in [6, 6.07) is 13.6. The molecule has 2 heterocycles. The van der Waals surface area contributed by atoms with Crippen LogP contribution in [0.4, 0.5) is 0 Å². The van der Waals surface area contributed by atoms with Gasteiger partial charge in [0.2, 0.25) is 0 Å². The van der Waals surface area contributed by atoms with Crippen molar-refractivity contribution in [2.24, 2.45) is 0 Å². The topological polar surface area (TPSA) is 88.5 Å².